The van der Waals surface area contributed by atoms with Crippen LogP contribution >= 0.6 is 24.0 Å². The average Bonchev–Trinajstić information content (AvgIpc) is 2.52. The highest BCUT2D eigenvalue weighted by molar-refractivity contribution is 14.0. The summed E-state index contributed by atoms with van der Waals surface area (Å²) in [5, 5.41) is 3.15. The molecular formula is C17H28IN3O2. The summed E-state index contributed by atoms with van der Waals surface area (Å²) in [6.07, 6.45) is 3.46. The molecule has 2 rings (SSSR count). The van der Waals surface area contributed by atoms with Gasteiger partial charge in [-0.1, -0.05) is 6.07 Å². The predicted molar refractivity (Wildman–Crippen MR) is 105 cm³/mol. The van der Waals surface area contributed by atoms with E-state index < -0.39 is 0 Å². The molecule has 0 heterocycles. The lowest BCUT2D eigenvalue weighted by molar-refractivity contribution is 0.179. The largest absolute Gasteiger partial charge is 0.497 e. The van der Waals surface area contributed by atoms with Crippen LogP contribution in [0.5, 0.6) is 5.75 Å². The summed E-state index contributed by atoms with van der Waals surface area (Å²) in [5.41, 5.74) is 8.71. The van der Waals surface area contributed by atoms with Gasteiger partial charge in [-0.15, -0.1) is 24.0 Å². The summed E-state index contributed by atoms with van der Waals surface area (Å²) in [4.78, 5) is 4.51. The zero-order valence-electron chi connectivity index (χ0n) is 14.2. The van der Waals surface area contributed by atoms with Crippen molar-refractivity contribution in [3.05, 3.63) is 29.3 Å². The van der Waals surface area contributed by atoms with E-state index in [4.69, 9.17) is 15.2 Å². The van der Waals surface area contributed by atoms with E-state index in [1.807, 2.05) is 13.0 Å². The average molecular weight is 433 g/mol. The Morgan fingerprint density at radius 2 is 2.22 bits per heavy atom. The van der Waals surface area contributed by atoms with Gasteiger partial charge in [0.2, 0.25) is 0 Å². The highest BCUT2D eigenvalue weighted by Crippen LogP contribution is 2.33. The summed E-state index contributed by atoms with van der Waals surface area (Å²) in [7, 11) is 3.39. The van der Waals surface area contributed by atoms with E-state index in [0.717, 1.165) is 25.1 Å². The zero-order valence-corrected chi connectivity index (χ0v) is 16.5. The number of nitrogens with two attached hydrogens (primary N) is 1. The third-order valence-corrected chi connectivity index (χ3v) is 4.08. The normalized spacial score (nSPS) is 18.6. The Balaban J connectivity index is 0.00000264. The molecule has 0 aromatic heterocycles. The second-order valence-electron chi connectivity index (χ2n) is 5.88. The van der Waals surface area contributed by atoms with Crippen LogP contribution in [0.3, 0.4) is 0 Å². The SMILES string of the molecule is COCC(C)NC(N)=NCC1CCCc2cc(OC)ccc21.I. The maximum Gasteiger partial charge on any atom is 0.188 e. The molecule has 0 fully saturated rings. The first-order valence-electron chi connectivity index (χ1n) is 7.86. The number of halogens is 1. The molecule has 1 aliphatic rings. The number of ether oxygens (including phenoxy) is 2. The van der Waals surface area contributed by atoms with E-state index in [0.29, 0.717) is 18.5 Å². The maximum atomic E-state index is 5.95. The summed E-state index contributed by atoms with van der Waals surface area (Å²) < 4.78 is 10.4. The molecule has 0 amide bonds. The summed E-state index contributed by atoms with van der Waals surface area (Å²) >= 11 is 0. The number of nitrogens with one attached hydrogen (secondary N) is 1. The fourth-order valence-electron chi connectivity index (χ4n) is 3.01. The Labute approximate surface area is 156 Å². The second kappa shape index (κ2) is 9.97. The molecule has 2 atom stereocenters. The first-order chi connectivity index (χ1) is 10.6. The molecule has 3 N–H and O–H groups in total. The van der Waals surface area contributed by atoms with Crippen molar-refractivity contribution in [2.45, 2.75) is 38.1 Å². The van der Waals surface area contributed by atoms with E-state index in [-0.39, 0.29) is 30.0 Å². The van der Waals surface area contributed by atoms with Gasteiger partial charge in [0.25, 0.3) is 0 Å². The van der Waals surface area contributed by atoms with Crippen LogP contribution in [-0.2, 0) is 11.2 Å². The Hall–Kier alpha value is -1.02. The molecule has 1 aliphatic carbocycles. The summed E-state index contributed by atoms with van der Waals surface area (Å²) in [5.74, 6) is 1.86. The van der Waals surface area contributed by atoms with Crippen molar-refractivity contribution < 1.29 is 9.47 Å². The highest BCUT2D eigenvalue weighted by Gasteiger charge is 2.20. The van der Waals surface area contributed by atoms with Gasteiger partial charge >= 0.3 is 0 Å². The molecule has 0 radical (unpaired) electrons. The van der Waals surface area contributed by atoms with E-state index in [2.05, 4.69) is 22.4 Å². The van der Waals surface area contributed by atoms with Crippen LogP contribution in [0.1, 0.15) is 36.8 Å². The molecule has 0 bridgehead atoms. The number of aryl methyl sites for hydroxylation is 1. The number of fused-ring (bicyclic) bond motifs is 1. The van der Waals surface area contributed by atoms with Gasteiger partial charge in [0.1, 0.15) is 5.75 Å². The van der Waals surface area contributed by atoms with Crippen LogP contribution in [0.25, 0.3) is 0 Å². The Morgan fingerprint density at radius 3 is 2.91 bits per heavy atom. The molecule has 1 aromatic carbocycles. The number of nitrogens with zero attached hydrogens (tertiary/aromatic N) is 1. The summed E-state index contributed by atoms with van der Waals surface area (Å²) in [6, 6.07) is 6.51. The number of rotatable bonds is 6. The van der Waals surface area contributed by atoms with E-state index >= 15 is 0 Å². The van der Waals surface area contributed by atoms with Gasteiger partial charge in [-0.2, -0.15) is 0 Å². The molecule has 0 saturated heterocycles. The standard InChI is InChI=1S/C17H27N3O2.HI/c1-12(11-21-2)20-17(18)19-10-14-6-4-5-13-9-15(22-3)7-8-16(13)14;/h7-9,12,14H,4-6,10-11H2,1-3H3,(H3,18,19,20);1H. The Morgan fingerprint density at radius 1 is 1.43 bits per heavy atom. The lowest BCUT2D eigenvalue weighted by atomic mass is 9.83. The molecule has 1 aromatic rings. The predicted octanol–water partition coefficient (Wildman–Crippen LogP) is 2.67. The minimum absolute atomic E-state index is 0. The van der Waals surface area contributed by atoms with Gasteiger partial charge in [-0.3, -0.25) is 4.99 Å². The van der Waals surface area contributed by atoms with Gasteiger partial charge in [-0.25, -0.2) is 0 Å². The molecular weight excluding hydrogens is 405 g/mol. The first-order valence-corrected chi connectivity index (χ1v) is 7.86. The molecule has 0 aliphatic heterocycles. The van der Waals surface area contributed by atoms with Crippen LogP contribution in [0.2, 0.25) is 0 Å². The number of methoxy groups -OCH3 is 2. The van der Waals surface area contributed by atoms with Crippen molar-refractivity contribution in [1.29, 1.82) is 0 Å². The molecule has 0 saturated carbocycles. The molecule has 6 heteroatoms. The van der Waals surface area contributed by atoms with Gasteiger partial charge in [0.15, 0.2) is 5.96 Å². The topological polar surface area (TPSA) is 68.9 Å². The molecule has 0 spiro atoms. The lowest BCUT2D eigenvalue weighted by Crippen LogP contribution is -2.41. The van der Waals surface area contributed by atoms with Crippen molar-refractivity contribution in [3.8, 4) is 5.75 Å². The zero-order chi connectivity index (χ0) is 15.9. The van der Waals surface area contributed by atoms with Crippen molar-refractivity contribution in [3.63, 3.8) is 0 Å². The van der Waals surface area contributed by atoms with Crippen molar-refractivity contribution in [2.24, 2.45) is 10.7 Å². The third kappa shape index (κ3) is 5.84. The number of hydrogen-bond acceptors (Lipinski definition) is 3. The number of hydrogen-bond donors (Lipinski definition) is 2. The minimum atomic E-state index is 0. The maximum absolute atomic E-state index is 5.95. The van der Waals surface area contributed by atoms with E-state index in [9.17, 15) is 0 Å². The van der Waals surface area contributed by atoms with Crippen molar-refractivity contribution >= 4 is 29.9 Å². The monoisotopic (exact) mass is 433 g/mol. The van der Waals surface area contributed by atoms with Crippen LogP contribution in [0.15, 0.2) is 23.2 Å². The third-order valence-electron chi connectivity index (χ3n) is 4.08. The fourth-order valence-corrected chi connectivity index (χ4v) is 3.01. The molecule has 130 valence electrons. The highest BCUT2D eigenvalue weighted by atomic mass is 127. The van der Waals surface area contributed by atoms with Gasteiger partial charge in [-0.05, 0) is 49.4 Å². The first kappa shape index (κ1) is 20.0. The van der Waals surface area contributed by atoms with Crippen molar-refractivity contribution in [1.82, 2.24) is 5.32 Å². The number of aliphatic imine (C=N–C) groups is 1. The van der Waals surface area contributed by atoms with Gasteiger partial charge in [0.05, 0.1) is 13.7 Å². The summed E-state index contributed by atoms with van der Waals surface area (Å²) in [6.45, 7) is 3.36. The Bertz CT molecular complexity index is 523. The van der Waals surface area contributed by atoms with E-state index in [1.54, 1.807) is 14.2 Å². The minimum Gasteiger partial charge on any atom is -0.497 e. The van der Waals surface area contributed by atoms with Crippen LogP contribution < -0.4 is 15.8 Å². The quantitative estimate of drug-likeness (QED) is 0.411. The van der Waals surface area contributed by atoms with Gasteiger partial charge < -0.3 is 20.5 Å². The number of benzene rings is 1. The molecule has 2 unspecified atom stereocenters. The fraction of sp³-hybridized carbons (Fsp3) is 0.588. The molecule has 5 nitrogen and oxygen atoms in total. The lowest BCUT2D eigenvalue weighted by Gasteiger charge is -2.25. The smallest absolute Gasteiger partial charge is 0.188 e. The van der Waals surface area contributed by atoms with Gasteiger partial charge in [0, 0.05) is 25.6 Å². The van der Waals surface area contributed by atoms with Crippen LogP contribution in [0.4, 0.5) is 0 Å². The van der Waals surface area contributed by atoms with Crippen molar-refractivity contribution in [2.75, 3.05) is 27.4 Å². The van der Waals surface area contributed by atoms with E-state index in [1.165, 1.54) is 17.5 Å². The van der Waals surface area contributed by atoms with Crippen LogP contribution in [-0.4, -0.2) is 39.4 Å². The number of guanidine groups is 1. The Kier molecular flexibility index (Phi) is 8.68. The second-order valence-corrected chi connectivity index (χ2v) is 5.88. The molecule has 23 heavy (non-hydrogen) atoms. The van der Waals surface area contributed by atoms with Crippen LogP contribution in [0, 0.1) is 0 Å².